The second-order valence-corrected chi connectivity index (χ2v) is 9.40. The summed E-state index contributed by atoms with van der Waals surface area (Å²) in [4.78, 5) is 31.8. The van der Waals surface area contributed by atoms with Crippen LogP contribution in [0.4, 0.5) is 0 Å². The highest BCUT2D eigenvalue weighted by Crippen LogP contribution is 2.40. The van der Waals surface area contributed by atoms with Gasteiger partial charge in [-0.25, -0.2) is 4.98 Å². The lowest BCUT2D eigenvalue weighted by Gasteiger charge is -2.23. The highest BCUT2D eigenvalue weighted by molar-refractivity contribution is 6.46. The van der Waals surface area contributed by atoms with Gasteiger partial charge in [-0.2, -0.15) is 0 Å². The Morgan fingerprint density at radius 3 is 2.55 bits per heavy atom. The Balaban J connectivity index is 1.39. The zero-order valence-corrected chi connectivity index (χ0v) is 21.3. The SMILES string of the molecule is Cc1cccc(COc2ccc(C(O)=C3C(=O)C(=O)N(CCCn4ccnc4)C3c3ccc(C)o3)cc2)c1. The molecule has 194 valence electrons. The number of benzene rings is 2. The minimum atomic E-state index is -0.816. The van der Waals surface area contributed by atoms with E-state index in [4.69, 9.17) is 9.15 Å². The van der Waals surface area contributed by atoms with Crippen LogP contribution in [-0.4, -0.2) is 37.8 Å². The van der Waals surface area contributed by atoms with Gasteiger partial charge < -0.3 is 23.7 Å². The zero-order valence-electron chi connectivity index (χ0n) is 21.3. The number of aliphatic hydroxyl groups is 1. The Kier molecular flexibility index (Phi) is 7.13. The first-order valence-electron chi connectivity index (χ1n) is 12.5. The summed E-state index contributed by atoms with van der Waals surface area (Å²) in [6.07, 6.45) is 5.84. The van der Waals surface area contributed by atoms with Crippen LogP contribution in [-0.2, 0) is 22.7 Å². The monoisotopic (exact) mass is 511 g/mol. The van der Waals surface area contributed by atoms with Gasteiger partial charge in [0.05, 0.1) is 11.9 Å². The average molecular weight is 512 g/mol. The van der Waals surface area contributed by atoms with E-state index in [1.54, 1.807) is 55.8 Å². The summed E-state index contributed by atoms with van der Waals surface area (Å²) in [5.41, 5.74) is 2.64. The number of ketones is 1. The molecule has 8 nitrogen and oxygen atoms in total. The van der Waals surface area contributed by atoms with Crippen LogP contribution in [0.5, 0.6) is 5.75 Å². The fourth-order valence-electron chi connectivity index (χ4n) is 4.68. The average Bonchev–Trinajstić information content (AvgIpc) is 3.64. The molecule has 2 aromatic heterocycles. The summed E-state index contributed by atoms with van der Waals surface area (Å²) in [5.74, 6) is 0.0763. The molecule has 5 rings (SSSR count). The Hall–Kier alpha value is -4.59. The van der Waals surface area contributed by atoms with Crippen LogP contribution in [0.2, 0.25) is 0 Å². The number of rotatable bonds is 9. The lowest BCUT2D eigenvalue weighted by Crippen LogP contribution is -2.31. The number of nitrogens with zero attached hydrogens (tertiary/aromatic N) is 3. The molecule has 1 atom stereocenters. The molecule has 0 spiro atoms. The van der Waals surface area contributed by atoms with Gasteiger partial charge in [-0.15, -0.1) is 0 Å². The highest BCUT2D eigenvalue weighted by Gasteiger charge is 2.47. The molecule has 1 fully saturated rings. The van der Waals surface area contributed by atoms with Crippen molar-refractivity contribution in [1.82, 2.24) is 14.5 Å². The van der Waals surface area contributed by atoms with Crippen LogP contribution in [0, 0.1) is 13.8 Å². The summed E-state index contributed by atoms with van der Waals surface area (Å²) in [6, 6.07) is 17.6. The van der Waals surface area contributed by atoms with E-state index in [9.17, 15) is 14.7 Å². The van der Waals surface area contributed by atoms with E-state index in [2.05, 4.69) is 11.1 Å². The summed E-state index contributed by atoms with van der Waals surface area (Å²) >= 11 is 0. The van der Waals surface area contributed by atoms with Gasteiger partial charge in [0.15, 0.2) is 0 Å². The number of aliphatic hydroxyl groups excluding tert-OH is 1. The predicted molar refractivity (Wildman–Crippen MR) is 141 cm³/mol. The molecule has 1 unspecified atom stereocenters. The van der Waals surface area contributed by atoms with Crippen molar-refractivity contribution in [2.75, 3.05) is 6.54 Å². The molecule has 3 heterocycles. The molecule has 1 aliphatic heterocycles. The van der Waals surface area contributed by atoms with Gasteiger partial charge in [-0.05, 0) is 62.2 Å². The van der Waals surface area contributed by atoms with E-state index in [1.165, 1.54) is 4.90 Å². The third-order valence-electron chi connectivity index (χ3n) is 6.56. The van der Waals surface area contributed by atoms with Crippen molar-refractivity contribution in [3.05, 3.63) is 113 Å². The number of Topliss-reactive ketones (excluding diaryl/α,β-unsaturated/α-hetero) is 1. The number of carbonyl (C=O) groups excluding carboxylic acids is 2. The van der Waals surface area contributed by atoms with Gasteiger partial charge in [-0.3, -0.25) is 9.59 Å². The molecular weight excluding hydrogens is 482 g/mol. The Morgan fingerprint density at radius 2 is 1.87 bits per heavy atom. The molecule has 1 N–H and O–H groups in total. The molecule has 2 aromatic carbocycles. The summed E-state index contributed by atoms with van der Waals surface area (Å²) in [5, 5.41) is 11.3. The second kappa shape index (κ2) is 10.8. The zero-order chi connectivity index (χ0) is 26.6. The first-order chi connectivity index (χ1) is 18.4. The minimum absolute atomic E-state index is 0.0143. The van der Waals surface area contributed by atoms with Crippen molar-refractivity contribution < 1.29 is 23.8 Å². The third-order valence-corrected chi connectivity index (χ3v) is 6.56. The number of ether oxygens (including phenoxy) is 1. The van der Waals surface area contributed by atoms with Crippen molar-refractivity contribution in [2.24, 2.45) is 0 Å². The number of hydrogen-bond donors (Lipinski definition) is 1. The first kappa shape index (κ1) is 25.1. The quantitative estimate of drug-likeness (QED) is 0.189. The van der Waals surface area contributed by atoms with E-state index in [0.717, 1.165) is 11.1 Å². The number of likely N-dealkylation sites (tertiary alicyclic amines) is 1. The van der Waals surface area contributed by atoms with Crippen LogP contribution in [0.25, 0.3) is 5.76 Å². The Morgan fingerprint density at radius 1 is 1.05 bits per heavy atom. The van der Waals surface area contributed by atoms with Gasteiger partial charge in [0.2, 0.25) is 0 Å². The van der Waals surface area contributed by atoms with Gasteiger partial charge in [0, 0.05) is 31.0 Å². The molecule has 1 saturated heterocycles. The van der Waals surface area contributed by atoms with Gasteiger partial charge in [0.25, 0.3) is 11.7 Å². The molecule has 8 heteroatoms. The van der Waals surface area contributed by atoms with Crippen LogP contribution < -0.4 is 4.74 Å². The molecule has 1 aliphatic rings. The van der Waals surface area contributed by atoms with Crippen LogP contribution >= 0.6 is 0 Å². The standard InChI is InChI=1S/C30H29N3O5/c1-20-5-3-6-22(17-20)18-37-24-10-8-23(9-11-24)28(34)26-27(25-12-7-21(2)38-25)33(30(36)29(26)35)15-4-14-32-16-13-31-19-32/h3,5-13,16-17,19,27,34H,4,14-15,18H2,1-2H3. The molecular formula is C30H29N3O5. The number of carbonyl (C=O) groups is 2. The maximum atomic E-state index is 13.2. The van der Waals surface area contributed by atoms with Crippen molar-refractivity contribution in [3.63, 3.8) is 0 Å². The fraction of sp³-hybridized carbons (Fsp3) is 0.233. The number of furan rings is 1. The topological polar surface area (TPSA) is 97.8 Å². The maximum absolute atomic E-state index is 13.2. The number of imidazole rings is 1. The molecule has 38 heavy (non-hydrogen) atoms. The first-order valence-corrected chi connectivity index (χ1v) is 12.5. The number of aromatic nitrogens is 2. The second-order valence-electron chi connectivity index (χ2n) is 9.40. The largest absolute Gasteiger partial charge is 0.507 e. The van der Waals surface area contributed by atoms with Gasteiger partial charge in [-0.1, -0.05) is 29.8 Å². The van der Waals surface area contributed by atoms with E-state index in [0.29, 0.717) is 49.0 Å². The van der Waals surface area contributed by atoms with E-state index in [1.807, 2.05) is 35.9 Å². The van der Waals surface area contributed by atoms with Crippen molar-refractivity contribution in [1.29, 1.82) is 0 Å². The number of amides is 1. The molecule has 0 radical (unpaired) electrons. The van der Waals surface area contributed by atoms with Crippen LogP contribution in [0.15, 0.2) is 89.4 Å². The van der Waals surface area contributed by atoms with Crippen LogP contribution in [0.3, 0.4) is 0 Å². The Bertz CT molecular complexity index is 1470. The van der Waals surface area contributed by atoms with Gasteiger partial charge in [0.1, 0.15) is 35.7 Å². The predicted octanol–water partition coefficient (Wildman–Crippen LogP) is 5.18. The smallest absolute Gasteiger partial charge is 0.295 e. The van der Waals surface area contributed by atoms with Gasteiger partial charge >= 0.3 is 0 Å². The lowest BCUT2D eigenvalue weighted by atomic mass is 9.99. The summed E-state index contributed by atoms with van der Waals surface area (Å²) < 4.78 is 13.6. The lowest BCUT2D eigenvalue weighted by molar-refractivity contribution is -0.140. The van der Waals surface area contributed by atoms with E-state index < -0.39 is 17.7 Å². The van der Waals surface area contributed by atoms with Crippen molar-refractivity contribution in [3.8, 4) is 5.75 Å². The van der Waals surface area contributed by atoms with E-state index in [-0.39, 0.29) is 11.3 Å². The minimum Gasteiger partial charge on any atom is -0.507 e. The molecule has 4 aromatic rings. The third kappa shape index (κ3) is 5.25. The summed E-state index contributed by atoms with van der Waals surface area (Å²) in [6.45, 7) is 5.19. The fourth-order valence-corrected chi connectivity index (χ4v) is 4.68. The van der Waals surface area contributed by atoms with E-state index >= 15 is 0 Å². The van der Waals surface area contributed by atoms with Crippen molar-refractivity contribution >= 4 is 17.4 Å². The highest BCUT2D eigenvalue weighted by atomic mass is 16.5. The molecule has 0 bridgehead atoms. The van der Waals surface area contributed by atoms with Crippen molar-refractivity contribution in [2.45, 2.75) is 39.5 Å². The normalized spacial score (nSPS) is 16.8. The summed E-state index contributed by atoms with van der Waals surface area (Å²) in [7, 11) is 0. The Labute approximate surface area is 220 Å². The number of hydrogen-bond acceptors (Lipinski definition) is 6. The number of aryl methyl sites for hydroxylation is 3. The molecule has 0 aliphatic carbocycles. The molecule has 1 amide bonds. The maximum Gasteiger partial charge on any atom is 0.295 e. The van der Waals surface area contributed by atoms with Crippen LogP contribution in [0.1, 0.15) is 40.7 Å². The molecule has 0 saturated carbocycles.